The Bertz CT molecular complexity index is 651. The number of carbonyl (C=O) groups excluding carboxylic acids is 1. The minimum absolute atomic E-state index is 0.196. The fraction of sp³-hybridized carbons (Fsp3) is 0.200. The molecule has 1 aromatic heterocycles. The van der Waals surface area contributed by atoms with Gasteiger partial charge >= 0.3 is 0 Å². The summed E-state index contributed by atoms with van der Waals surface area (Å²) in [5, 5.41) is 15.2. The first-order chi connectivity index (χ1) is 9.70. The summed E-state index contributed by atoms with van der Waals surface area (Å²) in [6, 6.07) is 7.03. The Morgan fingerprint density at radius 1 is 1.45 bits per heavy atom. The first kappa shape index (κ1) is 13.8. The molecule has 0 aliphatic heterocycles. The first-order valence-corrected chi connectivity index (χ1v) is 6.08. The molecule has 0 aliphatic rings. The highest BCUT2D eigenvalue weighted by atomic mass is 16.5. The summed E-state index contributed by atoms with van der Waals surface area (Å²) < 4.78 is 4.70. The highest BCUT2D eigenvalue weighted by molar-refractivity contribution is 5.95. The van der Waals surface area contributed by atoms with Crippen LogP contribution < -0.4 is 5.32 Å². The number of nitrogens with one attached hydrogen (secondary N) is 1. The molecule has 0 bridgehead atoms. The largest absolute Gasteiger partial charge is 0.384 e. The molecule has 0 radical (unpaired) electrons. The van der Waals surface area contributed by atoms with Gasteiger partial charge in [0.2, 0.25) is 0 Å². The number of aliphatic hydroxyl groups excluding tert-OH is 1. The minimum atomic E-state index is -0.207. The molecule has 0 saturated heterocycles. The average molecular weight is 270 g/mol. The lowest BCUT2D eigenvalue weighted by Gasteiger charge is -2.07. The van der Waals surface area contributed by atoms with Crippen LogP contribution in [0, 0.1) is 18.8 Å². The zero-order valence-electron chi connectivity index (χ0n) is 11.0. The topological polar surface area (TPSA) is 75.4 Å². The summed E-state index contributed by atoms with van der Waals surface area (Å²) in [7, 11) is 0. The third kappa shape index (κ3) is 3.46. The van der Waals surface area contributed by atoms with Crippen molar-refractivity contribution in [3.63, 3.8) is 0 Å². The zero-order valence-corrected chi connectivity index (χ0v) is 11.0. The number of rotatable bonds is 3. The lowest BCUT2D eigenvalue weighted by Crippen LogP contribution is -2.23. The molecule has 2 N–H and O–H groups in total. The van der Waals surface area contributed by atoms with E-state index in [1.165, 1.54) is 6.26 Å². The van der Waals surface area contributed by atoms with E-state index in [-0.39, 0.29) is 12.5 Å². The van der Waals surface area contributed by atoms with E-state index in [9.17, 15) is 4.79 Å². The Morgan fingerprint density at radius 3 is 3.00 bits per heavy atom. The van der Waals surface area contributed by atoms with Crippen LogP contribution in [0.25, 0.3) is 0 Å². The van der Waals surface area contributed by atoms with E-state index in [1.54, 1.807) is 12.1 Å². The lowest BCUT2D eigenvalue weighted by atomic mass is 10.0. The second kappa shape index (κ2) is 6.55. The van der Waals surface area contributed by atoms with Crippen molar-refractivity contribution in [2.24, 2.45) is 0 Å². The number of carbonyl (C=O) groups is 1. The van der Waals surface area contributed by atoms with Gasteiger partial charge in [0.05, 0.1) is 6.54 Å². The van der Waals surface area contributed by atoms with E-state index >= 15 is 0 Å². The third-order valence-corrected chi connectivity index (χ3v) is 2.72. The maximum Gasteiger partial charge on any atom is 0.251 e. The number of aliphatic hydroxyl groups is 1. The molecule has 0 aliphatic carbocycles. The summed E-state index contributed by atoms with van der Waals surface area (Å²) in [6.45, 7) is 1.96. The van der Waals surface area contributed by atoms with Gasteiger partial charge in [-0.1, -0.05) is 23.1 Å². The monoisotopic (exact) mass is 270 g/mol. The van der Waals surface area contributed by atoms with Crippen molar-refractivity contribution in [1.29, 1.82) is 0 Å². The van der Waals surface area contributed by atoms with Gasteiger partial charge in [-0.25, -0.2) is 0 Å². The maximum atomic E-state index is 12.1. The molecule has 2 rings (SSSR count). The van der Waals surface area contributed by atoms with E-state index in [0.29, 0.717) is 23.4 Å². The summed E-state index contributed by atoms with van der Waals surface area (Å²) in [5.74, 6) is 5.14. The van der Waals surface area contributed by atoms with Crippen LogP contribution >= 0.6 is 0 Å². The number of amides is 1. The molecular weight excluding hydrogens is 256 g/mol. The van der Waals surface area contributed by atoms with Gasteiger partial charge in [-0.15, -0.1) is 0 Å². The number of hydrogen-bond donors (Lipinski definition) is 2. The molecule has 0 unspecified atom stereocenters. The van der Waals surface area contributed by atoms with Gasteiger partial charge in [-0.05, 0) is 24.6 Å². The Kier molecular flexibility index (Phi) is 4.53. The summed E-state index contributed by atoms with van der Waals surface area (Å²) >= 11 is 0. The van der Waals surface area contributed by atoms with Gasteiger partial charge in [-0.2, -0.15) is 0 Å². The quantitative estimate of drug-likeness (QED) is 0.823. The molecule has 2 aromatic rings. The summed E-state index contributed by atoms with van der Waals surface area (Å²) in [4.78, 5) is 12.1. The fourth-order valence-corrected chi connectivity index (χ4v) is 1.68. The van der Waals surface area contributed by atoms with Gasteiger partial charge in [0, 0.05) is 17.2 Å². The van der Waals surface area contributed by atoms with Gasteiger partial charge in [0.25, 0.3) is 5.91 Å². The Morgan fingerprint density at radius 2 is 2.30 bits per heavy atom. The second-order valence-corrected chi connectivity index (χ2v) is 4.16. The Hall–Kier alpha value is -2.58. The number of nitrogens with zero attached hydrogens (tertiary/aromatic N) is 1. The second-order valence-electron chi connectivity index (χ2n) is 4.16. The molecule has 0 saturated carbocycles. The van der Waals surface area contributed by atoms with E-state index < -0.39 is 0 Å². The number of aryl methyl sites for hydroxylation is 1. The molecule has 5 nitrogen and oxygen atoms in total. The first-order valence-electron chi connectivity index (χ1n) is 6.08. The van der Waals surface area contributed by atoms with Crippen molar-refractivity contribution < 1.29 is 14.4 Å². The molecule has 102 valence electrons. The molecule has 0 atom stereocenters. The molecule has 1 amide bonds. The van der Waals surface area contributed by atoms with Crippen LogP contribution in [0.5, 0.6) is 0 Å². The predicted molar refractivity (Wildman–Crippen MR) is 72.8 cm³/mol. The normalized spacial score (nSPS) is 9.70. The van der Waals surface area contributed by atoms with Crippen LogP contribution in [0.4, 0.5) is 0 Å². The Labute approximate surface area is 116 Å². The fourth-order valence-electron chi connectivity index (χ4n) is 1.68. The molecule has 0 spiro atoms. The van der Waals surface area contributed by atoms with Gasteiger partial charge in [-0.3, -0.25) is 4.79 Å². The molecule has 20 heavy (non-hydrogen) atoms. The van der Waals surface area contributed by atoms with Crippen LogP contribution in [-0.2, 0) is 6.54 Å². The van der Waals surface area contributed by atoms with E-state index in [1.807, 2.05) is 19.1 Å². The zero-order chi connectivity index (χ0) is 14.4. The number of benzene rings is 1. The summed E-state index contributed by atoms with van der Waals surface area (Å²) in [5.41, 5.74) is 2.76. The van der Waals surface area contributed by atoms with Crippen molar-refractivity contribution in [3.05, 3.63) is 52.9 Å². The molecule has 0 fully saturated rings. The lowest BCUT2D eigenvalue weighted by molar-refractivity contribution is 0.0949. The SMILES string of the molecule is Cc1ccc(C#CCO)cc1C(=O)NCc1ccon1. The van der Waals surface area contributed by atoms with Crippen LogP contribution in [0.15, 0.2) is 35.1 Å². The van der Waals surface area contributed by atoms with Gasteiger partial charge in [0.15, 0.2) is 0 Å². The molecule has 1 aromatic carbocycles. The van der Waals surface area contributed by atoms with Crippen LogP contribution in [0.3, 0.4) is 0 Å². The molecule has 1 heterocycles. The van der Waals surface area contributed by atoms with Gasteiger partial charge in [0.1, 0.15) is 18.6 Å². The van der Waals surface area contributed by atoms with E-state index in [0.717, 1.165) is 5.56 Å². The van der Waals surface area contributed by atoms with Crippen molar-refractivity contribution in [2.45, 2.75) is 13.5 Å². The third-order valence-electron chi connectivity index (χ3n) is 2.72. The van der Waals surface area contributed by atoms with Crippen molar-refractivity contribution in [2.75, 3.05) is 6.61 Å². The number of hydrogen-bond acceptors (Lipinski definition) is 4. The van der Waals surface area contributed by atoms with Crippen molar-refractivity contribution in [1.82, 2.24) is 10.5 Å². The highest BCUT2D eigenvalue weighted by Gasteiger charge is 2.09. The van der Waals surface area contributed by atoms with Gasteiger partial charge < -0.3 is 14.9 Å². The van der Waals surface area contributed by atoms with Crippen LogP contribution in [0.2, 0.25) is 0 Å². The minimum Gasteiger partial charge on any atom is -0.384 e. The smallest absolute Gasteiger partial charge is 0.251 e. The molecule has 5 heteroatoms. The highest BCUT2D eigenvalue weighted by Crippen LogP contribution is 2.11. The predicted octanol–water partition coefficient (Wildman–Crippen LogP) is 1.26. The van der Waals surface area contributed by atoms with E-state index in [2.05, 4.69) is 22.3 Å². The Balaban J connectivity index is 2.12. The standard InChI is InChI=1S/C15H14N2O3/c1-11-4-5-12(3-2-7-18)9-14(11)15(19)16-10-13-6-8-20-17-13/h4-6,8-9,18H,7,10H2,1H3,(H,16,19). The van der Waals surface area contributed by atoms with Crippen LogP contribution in [0.1, 0.15) is 27.2 Å². The maximum absolute atomic E-state index is 12.1. The van der Waals surface area contributed by atoms with Crippen LogP contribution in [-0.4, -0.2) is 22.8 Å². The summed E-state index contributed by atoms with van der Waals surface area (Å²) in [6.07, 6.45) is 1.46. The van der Waals surface area contributed by atoms with E-state index in [4.69, 9.17) is 9.63 Å². The average Bonchev–Trinajstić information content (AvgIpc) is 2.97. The van der Waals surface area contributed by atoms with Crippen molar-refractivity contribution in [3.8, 4) is 11.8 Å². The molecular formula is C15H14N2O3. The number of aromatic nitrogens is 1. The van der Waals surface area contributed by atoms with Crippen molar-refractivity contribution >= 4 is 5.91 Å².